The first-order valence-electron chi connectivity index (χ1n) is 4.21. The Morgan fingerprint density at radius 3 is 2.86 bits per heavy atom. The van der Waals surface area contributed by atoms with Gasteiger partial charge < -0.3 is 4.57 Å². The van der Waals surface area contributed by atoms with Gasteiger partial charge in [0.25, 0.3) is 5.56 Å². The number of rotatable bonds is 0. The van der Waals surface area contributed by atoms with E-state index in [1.54, 1.807) is 14.0 Å². The van der Waals surface area contributed by atoms with E-state index in [0.717, 1.165) is 0 Å². The minimum Gasteiger partial charge on any atom is -0.302 e. The third-order valence-corrected chi connectivity index (χ3v) is 2.20. The summed E-state index contributed by atoms with van der Waals surface area (Å²) in [5.74, 6) is -0.335. The van der Waals surface area contributed by atoms with Crippen LogP contribution in [0, 0.1) is 12.7 Å². The summed E-state index contributed by atoms with van der Waals surface area (Å²) in [6.07, 6.45) is 1.39. The monoisotopic (exact) mass is 192 g/mol. The highest BCUT2D eigenvalue weighted by Gasteiger charge is 2.05. The molecule has 2 aromatic rings. The van der Waals surface area contributed by atoms with Crippen molar-refractivity contribution in [2.24, 2.45) is 7.05 Å². The number of hydrogen-bond acceptors (Lipinski definition) is 2. The highest BCUT2D eigenvalue weighted by atomic mass is 19.1. The lowest BCUT2D eigenvalue weighted by Crippen LogP contribution is -2.17. The van der Waals surface area contributed by atoms with Crippen LogP contribution < -0.4 is 5.56 Å². The average molecular weight is 192 g/mol. The Balaban J connectivity index is 2.97. The molecular weight excluding hydrogens is 183 g/mol. The van der Waals surface area contributed by atoms with E-state index in [1.165, 1.54) is 23.0 Å². The standard InChI is InChI=1S/C10H9FN2O/c1-6-3-7-9(4-8(6)11)12-5-13(2)10(7)14/h3-5H,1-2H3. The van der Waals surface area contributed by atoms with Gasteiger partial charge in [0.2, 0.25) is 0 Å². The Morgan fingerprint density at radius 1 is 1.43 bits per heavy atom. The van der Waals surface area contributed by atoms with E-state index in [9.17, 15) is 9.18 Å². The lowest BCUT2D eigenvalue weighted by molar-refractivity contribution is 0.620. The normalized spacial score (nSPS) is 10.8. The van der Waals surface area contributed by atoms with Gasteiger partial charge in [-0.3, -0.25) is 4.79 Å². The van der Waals surface area contributed by atoms with Crippen LogP contribution in [-0.2, 0) is 7.05 Å². The number of halogens is 1. The van der Waals surface area contributed by atoms with Crippen molar-refractivity contribution < 1.29 is 4.39 Å². The molecule has 2 rings (SSSR count). The lowest BCUT2D eigenvalue weighted by atomic mass is 10.1. The van der Waals surface area contributed by atoms with Gasteiger partial charge in [0, 0.05) is 13.1 Å². The molecule has 1 aromatic carbocycles. The molecule has 0 N–H and O–H groups in total. The van der Waals surface area contributed by atoms with Crippen LogP contribution in [0.15, 0.2) is 23.3 Å². The molecule has 3 nitrogen and oxygen atoms in total. The van der Waals surface area contributed by atoms with Crippen LogP contribution >= 0.6 is 0 Å². The predicted octanol–water partition coefficient (Wildman–Crippen LogP) is 1.38. The maximum atomic E-state index is 13.1. The van der Waals surface area contributed by atoms with Crippen molar-refractivity contribution in [2.45, 2.75) is 6.92 Å². The first-order chi connectivity index (χ1) is 6.59. The molecule has 72 valence electrons. The molecule has 1 aromatic heterocycles. The summed E-state index contributed by atoms with van der Waals surface area (Å²) in [5.41, 5.74) is 0.705. The van der Waals surface area contributed by atoms with Gasteiger partial charge >= 0.3 is 0 Å². The van der Waals surface area contributed by atoms with Gasteiger partial charge in [-0.15, -0.1) is 0 Å². The molecule has 0 atom stereocenters. The van der Waals surface area contributed by atoms with Crippen molar-refractivity contribution in [1.29, 1.82) is 0 Å². The Morgan fingerprint density at radius 2 is 2.14 bits per heavy atom. The van der Waals surface area contributed by atoms with E-state index in [-0.39, 0.29) is 11.4 Å². The van der Waals surface area contributed by atoms with Gasteiger partial charge in [-0.2, -0.15) is 0 Å². The fraction of sp³-hybridized carbons (Fsp3) is 0.200. The van der Waals surface area contributed by atoms with E-state index < -0.39 is 0 Å². The third kappa shape index (κ3) is 1.19. The Kier molecular flexibility index (Phi) is 1.84. The molecule has 0 radical (unpaired) electrons. The number of hydrogen-bond donors (Lipinski definition) is 0. The van der Waals surface area contributed by atoms with E-state index in [0.29, 0.717) is 16.5 Å². The molecule has 0 amide bonds. The number of fused-ring (bicyclic) bond motifs is 1. The minimum atomic E-state index is -0.335. The number of aromatic nitrogens is 2. The molecule has 0 saturated heterocycles. The topological polar surface area (TPSA) is 34.9 Å². The van der Waals surface area contributed by atoms with Crippen LogP contribution in [-0.4, -0.2) is 9.55 Å². The second-order valence-corrected chi connectivity index (χ2v) is 3.28. The zero-order chi connectivity index (χ0) is 10.3. The SMILES string of the molecule is Cc1cc2c(=O)n(C)cnc2cc1F. The number of aryl methyl sites for hydroxylation is 2. The van der Waals surface area contributed by atoms with Crippen LogP contribution in [0.1, 0.15) is 5.56 Å². The summed E-state index contributed by atoms with van der Waals surface area (Å²) in [5, 5.41) is 0.453. The zero-order valence-corrected chi connectivity index (χ0v) is 7.91. The highest BCUT2D eigenvalue weighted by molar-refractivity contribution is 5.78. The van der Waals surface area contributed by atoms with Crippen molar-refractivity contribution in [3.8, 4) is 0 Å². The highest BCUT2D eigenvalue weighted by Crippen LogP contribution is 2.13. The van der Waals surface area contributed by atoms with Crippen molar-refractivity contribution in [3.63, 3.8) is 0 Å². The smallest absolute Gasteiger partial charge is 0.260 e. The van der Waals surface area contributed by atoms with E-state index in [2.05, 4.69) is 4.98 Å². The fourth-order valence-corrected chi connectivity index (χ4v) is 1.34. The van der Waals surface area contributed by atoms with Crippen LogP contribution in [0.4, 0.5) is 4.39 Å². The average Bonchev–Trinajstić information content (AvgIpc) is 2.15. The third-order valence-electron chi connectivity index (χ3n) is 2.20. The molecule has 4 heteroatoms. The summed E-state index contributed by atoms with van der Waals surface area (Å²) >= 11 is 0. The molecule has 0 aliphatic heterocycles. The second kappa shape index (κ2) is 2.90. The van der Waals surface area contributed by atoms with Crippen molar-refractivity contribution >= 4 is 10.9 Å². The first-order valence-corrected chi connectivity index (χ1v) is 4.21. The van der Waals surface area contributed by atoms with Crippen LogP contribution in [0.5, 0.6) is 0 Å². The van der Waals surface area contributed by atoms with Gasteiger partial charge in [-0.1, -0.05) is 0 Å². The molecule has 0 unspecified atom stereocenters. The summed E-state index contributed by atoms with van der Waals surface area (Å²) < 4.78 is 14.5. The van der Waals surface area contributed by atoms with E-state index >= 15 is 0 Å². The molecule has 0 bridgehead atoms. The molecule has 14 heavy (non-hydrogen) atoms. The number of benzene rings is 1. The number of nitrogens with zero attached hydrogens (tertiary/aromatic N) is 2. The maximum absolute atomic E-state index is 13.1. The zero-order valence-electron chi connectivity index (χ0n) is 7.91. The Labute approximate surface area is 79.8 Å². The van der Waals surface area contributed by atoms with Gasteiger partial charge in [0.1, 0.15) is 5.82 Å². The molecular formula is C10H9FN2O. The molecule has 0 aliphatic rings. The van der Waals surface area contributed by atoms with Gasteiger partial charge in [0.05, 0.1) is 17.2 Å². The minimum absolute atomic E-state index is 0.155. The summed E-state index contributed by atoms with van der Waals surface area (Å²) in [7, 11) is 1.62. The fourth-order valence-electron chi connectivity index (χ4n) is 1.34. The largest absolute Gasteiger partial charge is 0.302 e. The van der Waals surface area contributed by atoms with Crippen molar-refractivity contribution in [2.75, 3.05) is 0 Å². The van der Waals surface area contributed by atoms with E-state index in [4.69, 9.17) is 0 Å². The van der Waals surface area contributed by atoms with E-state index in [1.807, 2.05) is 0 Å². The second-order valence-electron chi connectivity index (χ2n) is 3.28. The molecule has 1 heterocycles. The first kappa shape index (κ1) is 8.87. The van der Waals surface area contributed by atoms with Crippen molar-refractivity contribution in [1.82, 2.24) is 9.55 Å². The summed E-state index contributed by atoms with van der Waals surface area (Å²) in [6.45, 7) is 1.63. The molecule has 0 fully saturated rings. The van der Waals surface area contributed by atoms with Crippen LogP contribution in [0.25, 0.3) is 10.9 Å². The van der Waals surface area contributed by atoms with Gasteiger partial charge in [-0.25, -0.2) is 9.37 Å². The predicted molar refractivity (Wildman–Crippen MR) is 51.7 cm³/mol. The Hall–Kier alpha value is -1.71. The van der Waals surface area contributed by atoms with Crippen LogP contribution in [0.2, 0.25) is 0 Å². The summed E-state index contributed by atoms with van der Waals surface area (Å²) in [4.78, 5) is 15.6. The van der Waals surface area contributed by atoms with Gasteiger partial charge in [-0.05, 0) is 18.6 Å². The molecule has 0 spiro atoms. The maximum Gasteiger partial charge on any atom is 0.260 e. The molecule has 0 aliphatic carbocycles. The van der Waals surface area contributed by atoms with Crippen molar-refractivity contribution in [3.05, 3.63) is 40.2 Å². The Bertz CT molecular complexity index is 560. The van der Waals surface area contributed by atoms with Gasteiger partial charge in [0.15, 0.2) is 0 Å². The quantitative estimate of drug-likeness (QED) is 0.632. The summed E-state index contributed by atoms with van der Waals surface area (Å²) in [6, 6.07) is 2.81. The van der Waals surface area contributed by atoms with Crippen LogP contribution in [0.3, 0.4) is 0 Å². The molecule has 0 saturated carbocycles. The lowest BCUT2D eigenvalue weighted by Gasteiger charge is -2.02.